The molecule has 4 N–H and O–H groups in total. The number of hydrogen-bond donors (Lipinski definition) is 4. The van der Waals surface area contributed by atoms with E-state index in [1.54, 1.807) is 36.7 Å². The van der Waals surface area contributed by atoms with Crippen LogP contribution in [0.5, 0.6) is 0 Å². The Balaban J connectivity index is 0.000000194. The molecule has 0 aliphatic carbocycles. The molecule has 6 aromatic rings. The van der Waals surface area contributed by atoms with Crippen LogP contribution in [0.25, 0.3) is 0 Å². The molecule has 0 atom stereocenters. The molecule has 4 aromatic carbocycles. The first-order chi connectivity index (χ1) is 24.1. The summed E-state index contributed by atoms with van der Waals surface area (Å²) in [6.07, 6.45) is 3.42. The molecular weight excluding hydrogens is 621 g/mol. The average Bonchev–Trinajstić information content (AvgIpc) is 3.09. The van der Waals surface area contributed by atoms with Crippen molar-refractivity contribution in [3.63, 3.8) is 0 Å². The fourth-order valence-electron chi connectivity index (χ4n) is 5.50. The van der Waals surface area contributed by atoms with Crippen LogP contribution in [0.4, 0.5) is 46.3 Å². The van der Waals surface area contributed by atoms with Crippen LogP contribution in [0.1, 0.15) is 44.5 Å². The third-order valence-electron chi connectivity index (χ3n) is 7.71. The second kappa shape index (κ2) is 15.9. The van der Waals surface area contributed by atoms with Gasteiger partial charge < -0.3 is 21.3 Å². The number of hydrogen-bond acceptors (Lipinski definition) is 10. The summed E-state index contributed by atoms with van der Waals surface area (Å²) in [6.45, 7) is 12.5. The van der Waals surface area contributed by atoms with Crippen molar-refractivity contribution >= 4 is 46.3 Å². The van der Waals surface area contributed by atoms with Gasteiger partial charge in [-0.2, -0.15) is 20.5 Å². The van der Waals surface area contributed by atoms with Gasteiger partial charge in [-0.05, 0) is 124 Å². The Kier molecular flexibility index (Phi) is 11.0. The number of rotatable bonds is 8. The van der Waals surface area contributed by atoms with Gasteiger partial charge in [-0.1, -0.05) is 35.4 Å². The van der Waals surface area contributed by atoms with Gasteiger partial charge in [0.25, 0.3) is 0 Å². The fourth-order valence-corrected chi connectivity index (χ4v) is 5.50. The molecule has 2 heterocycles. The van der Waals surface area contributed by atoms with E-state index >= 15 is 0 Å². The van der Waals surface area contributed by atoms with Crippen molar-refractivity contribution in [3.05, 3.63) is 142 Å². The summed E-state index contributed by atoms with van der Waals surface area (Å²) in [7, 11) is 0. The zero-order valence-corrected chi connectivity index (χ0v) is 28.9. The van der Waals surface area contributed by atoms with Crippen LogP contribution in [0, 0.1) is 64.2 Å². The van der Waals surface area contributed by atoms with Crippen LogP contribution in [-0.2, 0) is 0 Å². The largest absolute Gasteiger partial charge is 0.340 e. The first kappa shape index (κ1) is 34.6. The highest BCUT2D eigenvalue weighted by atomic mass is 15.1. The standard InChI is InChI=1S/2C20H19N5/c2*1-13-10-14(2)19(15(3)11-13)24-18-8-9-22-20(25-18)23-17-6-4-16(12-21)5-7-17/h2*4-11H,1-3H3,(H2,22,23,24,25). The number of aromatic nitrogens is 4. The number of benzene rings is 4. The third-order valence-corrected chi connectivity index (χ3v) is 7.71. The minimum atomic E-state index is 0.497. The van der Waals surface area contributed by atoms with E-state index < -0.39 is 0 Å². The quantitative estimate of drug-likeness (QED) is 0.125. The summed E-state index contributed by atoms with van der Waals surface area (Å²) < 4.78 is 0. The Labute approximate surface area is 293 Å². The van der Waals surface area contributed by atoms with Crippen molar-refractivity contribution in [1.82, 2.24) is 19.9 Å². The minimum Gasteiger partial charge on any atom is -0.340 e. The average molecular weight is 659 g/mol. The lowest BCUT2D eigenvalue weighted by molar-refractivity contribution is 1.16. The second-order valence-electron chi connectivity index (χ2n) is 12.0. The lowest BCUT2D eigenvalue weighted by Crippen LogP contribution is -2.02. The van der Waals surface area contributed by atoms with Crippen LogP contribution in [0.2, 0.25) is 0 Å². The van der Waals surface area contributed by atoms with Gasteiger partial charge in [-0.25, -0.2) is 9.97 Å². The Hall–Kier alpha value is -6.78. The van der Waals surface area contributed by atoms with Gasteiger partial charge in [-0.15, -0.1) is 0 Å². The van der Waals surface area contributed by atoms with Crippen LogP contribution in [0.3, 0.4) is 0 Å². The molecule has 0 fully saturated rings. The van der Waals surface area contributed by atoms with E-state index in [9.17, 15) is 0 Å². The topological polar surface area (TPSA) is 147 Å². The molecule has 0 saturated heterocycles. The molecule has 0 saturated carbocycles. The molecule has 50 heavy (non-hydrogen) atoms. The van der Waals surface area contributed by atoms with E-state index in [1.165, 1.54) is 33.4 Å². The predicted octanol–water partition coefficient (Wildman–Crippen LogP) is 9.52. The lowest BCUT2D eigenvalue weighted by Gasteiger charge is -2.14. The highest BCUT2D eigenvalue weighted by Crippen LogP contribution is 2.27. The SMILES string of the molecule is Cc1cc(C)c(Nc2ccnc(Nc3ccc(C#N)cc3)n2)c(C)c1.Cc1cc(C)c(Nc2ccnc(Nc3ccc(C#N)cc3)n2)c(C)c1. The molecule has 0 aliphatic heterocycles. The number of nitriles is 2. The fraction of sp³-hybridized carbons (Fsp3) is 0.150. The monoisotopic (exact) mass is 658 g/mol. The number of aryl methyl sites for hydroxylation is 6. The van der Waals surface area contributed by atoms with E-state index in [-0.39, 0.29) is 0 Å². The Morgan fingerprint density at radius 3 is 1.12 bits per heavy atom. The maximum absolute atomic E-state index is 8.85. The van der Waals surface area contributed by atoms with Crippen LogP contribution < -0.4 is 21.3 Å². The van der Waals surface area contributed by atoms with E-state index in [0.29, 0.717) is 23.0 Å². The molecule has 10 heteroatoms. The molecule has 0 amide bonds. The molecule has 0 aliphatic rings. The molecule has 0 unspecified atom stereocenters. The van der Waals surface area contributed by atoms with Gasteiger partial charge in [0.2, 0.25) is 11.9 Å². The van der Waals surface area contributed by atoms with Crippen molar-refractivity contribution < 1.29 is 0 Å². The van der Waals surface area contributed by atoms with Crippen LogP contribution in [0.15, 0.2) is 97.3 Å². The van der Waals surface area contributed by atoms with E-state index in [4.69, 9.17) is 10.5 Å². The number of nitrogens with one attached hydrogen (secondary N) is 4. The highest BCUT2D eigenvalue weighted by molar-refractivity contribution is 5.67. The van der Waals surface area contributed by atoms with Crippen LogP contribution >= 0.6 is 0 Å². The van der Waals surface area contributed by atoms with Crippen molar-refractivity contribution in [2.75, 3.05) is 21.3 Å². The van der Waals surface area contributed by atoms with Crippen molar-refractivity contribution in [3.8, 4) is 12.1 Å². The van der Waals surface area contributed by atoms with Gasteiger partial charge in [0.15, 0.2) is 0 Å². The van der Waals surface area contributed by atoms with Gasteiger partial charge in [0.05, 0.1) is 23.3 Å². The molecule has 10 nitrogen and oxygen atoms in total. The van der Waals surface area contributed by atoms with Gasteiger partial charge in [0.1, 0.15) is 11.6 Å². The zero-order chi connectivity index (χ0) is 35.6. The summed E-state index contributed by atoms with van der Waals surface area (Å²) in [4.78, 5) is 17.5. The predicted molar refractivity (Wildman–Crippen MR) is 201 cm³/mol. The summed E-state index contributed by atoms with van der Waals surface area (Å²) in [5, 5.41) is 30.8. The van der Waals surface area contributed by atoms with Gasteiger partial charge >= 0.3 is 0 Å². The zero-order valence-electron chi connectivity index (χ0n) is 28.9. The molecular formula is C40H38N10. The smallest absolute Gasteiger partial charge is 0.229 e. The Morgan fingerprint density at radius 1 is 0.460 bits per heavy atom. The third kappa shape index (κ3) is 9.18. The molecule has 0 radical (unpaired) electrons. The highest BCUT2D eigenvalue weighted by Gasteiger charge is 2.08. The maximum atomic E-state index is 8.85. The number of anilines is 8. The van der Waals surface area contributed by atoms with Crippen LogP contribution in [-0.4, -0.2) is 19.9 Å². The van der Waals surface area contributed by atoms with Crippen molar-refractivity contribution in [1.29, 1.82) is 10.5 Å². The normalized spacial score (nSPS) is 10.2. The summed E-state index contributed by atoms with van der Waals surface area (Å²) in [5.74, 6) is 2.44. The molecule has 2 aromatic heterocycles. The summed E-state index contributed by atoms with van der Waals surface area (Å²) >= 11 is 0. The first-order valence-corrected chi connectivity index (χ1v) is 16.0. The first-order valence-electron chi connectivity index (χ1n) is 16.0. The lowest BCUT2D eigenvalue weighted by atomic mass is 10.1. The van der Waals surface area contributed by atoms with E-state index in [2.05, 4.69) is 119 Å². The minimum absolute atomic E-state index is 0.497. The maximum Gasteiger partial charge on any atom is 0.229 e. The van der Waals surface area contributed by atoms with Crippen molar-refractivity contribution in [2.45, 2.75) is 41.5 Å². The Bertz CT molecular complexity index is 1990. The summed E-state index contributed by atoms with van der Waals surface area (Å²) in [5.41, 5.74) is 12.2. The van der Waals surface area contributed by atoms with Gasteiger partial charge in [0, 0.05) is 35.1 Å². The summed E-state index contributed by atoms with van der Waals surface area (Å²) in [6, 6.07) is 30.8. The van der Waals surface area contributed by atoms with Gasteiger partial charge in [-0.3, -0.25) is 0 Å². The number of nitrogens with zero attached hydrogens (tertiary/aromatic N) is 6. The molecule has 0 spiro atoms. The van der Waals surface area contributed by atoms with Crippen molar-refractivity contribution in [2.24, 2.45) is 0 Å². The molecule has 6 rings (SSSR count). The second-order valence-corrected chi connectivity index (χ2v) is 12.0. The molecule has 248 valence electrons. The van der Waals surface area contributed by atoms with E-state index in [0.717, 1.165) is 34.4 Å². The Morgan fingerprint density at radius 2 is 0.800 bits per heavy atom. The van der Waals surface area contributed by atoms with E-state index in [1.807, 2.05) is 36.4 Å². The molecule has 0 bridgehead atoms.